The fraction of sp³-hybridized carbons (Fsp3) is 0.0476. The Bertz CT molecular complexity index is 1090. The second-order valence-electron chi connectivity index (χ2n) is 6.13. The molecule has 0 aromatic heterocycles. The van der Waals surface area contributed by atoms with Gasteiger partial charge in [0.25, 0.3) is 11.6 Å². The molecule has 3 aromatic carbocycles. The van der Waals surface area contributed by atoms with E-state index in [1.54, 1.807) is 24.3 Å². The van der Waals surface area contributed by atoms with E-state index < -0.39 is 10.8 Å². The van der Waals surface area contributed by atoms with Gasteiger partial charge in [-0.3, -0.25) is 20.2 Å². The molecule has 0 spiro atoms. The number of amides is 1. The number of hydrogen-bond acceptors (Lipinski definition) is 5. The van der Waals surface area contributed by atoms with Crippen LogP contribution >= 0.6 is 23.8 Å². The van der Waals surface area contributed by atoms with Crippen LogP contribution in [0.4, 0.5) is 11.4 Å². The topological polar surface area (TPSA) is 93.5 Å². The number of rotatable bonds is 6. The first-order valence-corrected chi connectivity index (χ1v) is 9.54. The third-order valence-electron chi connectivity index (χ3n) is 3.97. The zero-order valence-electron chi connectivity index (χ0n) is 15.5. The summed E-state index contributed by atoms with van der Waals surface area (Å²) < 4.78 is 5.73. The van der Waals surface area contributed by atoms with Gasteiger partial charge in [0, 0.05) is 17.3 Å². The zero-order chi connectivity index (χ0) is 21.5. The number of carbonyl (C=O) groups excluding carboxylic acids is 1. The van der Waals surface area contributed by atoms with Crippen LogP contribution in [0.2, 0.25) is 5.02 Å². The molecule has 3 aromatic rings. The zero-order valence-corrected chi connectivity index (χ0v) is 17.1. The van der Waals surface area contributed by atoms with Gasteiger partial charge < -0.3 is 10.1 Å². The molecule has 0 bridgehead atoms. The number of nitrogens with zero attached hydrogens (tertiary/aromatic N) is 1. The van der Waals surface area contributed by atoms with E-state index >= 15 is 0 Å². The Morgan fingerprint density at radius 1 is 1.07 bits per heavy atom. The molecule has 152 valence electrons. The van der Waals surface area contributed by atoms with Crippen molar-refractivity contribution in [2.24, 2.45) is 0 Å². The van der Waals surface area contributed by atoms with Crippen LogP contribution in [-0.2, 0) is 6.61 Å². The maximum Gasteiger partial charge on any atom is 0.289 e. The van der Waals surface area contributed by atoms with Crippen molar-refractivity contribution in [1.29, 1.82) is 0 Å². The van der Waals surface area contributed by atoms with Crippen molar-refractivity contribution in [2.45, 2.75) is 6.61 Å². The van der Waals surface area contributed by atoms with Crippen LogP contribution in [-0.4, -0.2) is 15.9 Å². The molecular weight excluding hydrogens is 426 g/mol. The number of nitrogens with one attached hydrogen (secondary N) is 2. The average Bonchev–Trinajstić information content (AvgIpc) is 2.74. The van der Waals surface area contributed by atoms with Gasteiger partial charge in [-0.2, -0.15) is 0 Å². The summed E-state index contributed by atoms with van der Waals surface area (Å²) in [6.07, 6.45) is 0. The number of ether oxygens (including phenoxy) is 1. The van der Waals surface area contributed by atoms with Crippen LogP contribution < -0.4 is 15.4 Å². The fourth-order valence-electron chi connectivity index (χ4n) is 2.54. The van der Waals surface area contributed by atoms with Crippen LogP contribution in [0.15, 0.2) is 72.8 Å². The normalized spacial score (nSPS) is 10.2. The molecule has 9 heteroatoms. The lowest BCUT2D eigenvalue weighted by Crippen LogP contribution is -2.34. The van der Waals surface area contributed by atoms with Crippen molar-refractivity contribution >= 4 is 46.2 Å². The second-order valence-corrected chi connectivity index (χ2v) is 6.95. The lowest BCUT2D eigenvalue weighted by molar-refractivity contribution is -0.384. The van der Waals surface area contributed by atoms with E-state index in [0.717, 1.165) is 5.56 Å². The summed E-state index contributed by atoms with van der Waals surface area (Å²) in [5.74, 6) is 0.0971. The Kier molecular flexibility index (Phi) is 6.95. The smallest absolute Gasteiger partial charge is 0.289 e. The quantitative estimate of drug-likeness (QED) is 0.319. The highest BCUT2D eigenvalue weighted by Crippen LogP contribution is 2.27. The molecule has 0 saturated carbocycles. The van der Waals surface area contributed by atoms with Crippen LogP contribution in [0.3, 0.4) is 0 Å². The van der Waals surface area contributed by atoms with Crippen molar-refractivity contribution in [3.05, 3.63) is 99.1 Å². The highest BCUT2D eigenvalue weighted by molar-refractivity contribution is 7.80. The van der Waals surface area contributed by atoms with Crippen molar-refractivity contribution in [2.75, 3.05) is 5.32 Å². The Morgan fingerprint density at radius 3 is 2.57 bits per heavy atom. The van der Waals surface area contributed by atoms with Gasteiger partial charge in [0.2, 0.25) is 0 Å². The summed E-state index contributed by atoms with van der Waals surface area (Å²) in [6, 6.07) is 20.5. The highest BCUT2D eigenvalue weighted by Gasteiger charge is 2.14. The maximum absolute atomic E-state index is 12.5. The van der Waals surface area contributed by atoms with Crippen molar-refractivity contribution in [3.63, 3.8) is 0 Å². The molecule has 7 nitrogen and oxygen atoms in total. The first-order chi connectivity index (χ1) is 14.4. The van der Waals surface area contributed by atoms with Crippen molar-refractivity contribution in [1.82, 2.24) is 5.32 Å². The summed E-state index contributed by atoms with van der Waals surface area (Å²) in [7, 11) is 0. The molecule has 0 aliphatic rings. The van der Waals surface area contributed by atoms with E-state index in [1.165, 1.54) is 18.2 Å². The molecular formula is C21H16ClN3O4S. The Labute approximate surface area is 182 Å². The monoisotopic (exact) mass is 441 g/mol. The Morgan fingerprint density at radius 2 is 1.83 bits per heavy atom. The second kappa shape index (κ2) is 9.82. The molecule has 3 rings (SSSR count). The number of hydrogen-bond donors (Lipinski definition) is 2. The summed E-state index contributed by atoms with van der Waals surface area (Å²) in [6.45, 7) is 0.376. The summed E-state index contributed by atoms with van der Waals surface area (Å²) in [5, 5.41) is 16.2. The summed E-state index contributed by atoms with van der Waals surface area (Å²) in [5.41, 5.74) is 1.43. The minimum Gasteiger partial charge on any atom is -0.489 e. The molecule has 0 fully saturated rings. The molecule has 0 aliphatic carbocycles. The van der Waals surface area contributed by atoms with Gasteiger partial charge in [-0.25, -0.2) is 0 Å². The molecule has 0 saturated heterocycles. The molecule has 0 atom stereocenters. The van der Waals surface area contributed by atoms with E-state index in [0.29, 0.717) is 23.6 Å². The number of benzene rings is 3. The fourth-order valence-corrected chi connectivity index (χ4v) is 2.93. The Balaban J connectivity index is 1.61. The van der Waals surface area contributed by atoms with Crippen LogP contribution in [0.5, 0.6) is 5.75 Å². The number of anilines is 1. The number of nitro benzene ring substituents is 1. The molecule has 1 amide bonds. The lowest BCUT2D eigenvalue weighted by atomic mass is 10.2. The van der Waals surface area contributed by atoms with Crippen molar-refractivity contribution < 1.29 is 14.5 Å². The highest BCUT2D eigenvalue weighted by atomic mass is 35.5. The van der Waals surface area contributed by atoms with E-state index in [4.69, 9.17) is 28.6 Å². The molecule has 0 unspecified atom stereocenters. The predicted octanol–water partition coefficient (Wildman–Crippen LogP) is 4.95. The largest absolute Gasteiger partial charge is 0.489 e. The minimum absolute atomic E-state index is 0.00720. The van der Waals surface area contributed by atoms with Crippen LogP contribution in [0, 0.1) is 10.1 Å². The molecule has 0 radical (unpaired) electrons. The van der Waals surface area contributed by atoms with E-state index in [-0.39, 0.29) is 15.8 Å². The lowest BCUT2D eigenvalue weighted by Gasteiger charge is -2.11. The number of nitro groups is 1. The van der Waals surface area contributed by atoms with Crippen LogP contribution in [0.1, 0.15) is 15.9 Å². The molecule has 0 heterocycles. The predicted molar refractivity (Wildman–Crippen MR) is 119 cm³/mol. The summed E-state index contributed by atoms with van der Waals surface area (Å²) >= 11 is 10.9. The minimum atomic E-state index is -0.601. The number of carbonyl (C=O) groups is 1. The number of thiocarbonyl (C=S) groups is 1. The SMILES string of the molecule is O=C(NC(=S)Nc1ccc(Cl)c([N+](=O)[O-])c1)c1cccc(OCc2ccccc2)c1. The first kappa shape index (κ1) is 21.2. The van der Waals surface area contributed by atoms with Gasteiger partial charge in [-0.05, 0) is 48.1 Å². The van der Waals surface area contributed by atoms with Gasteiger partial charge >= 0.3 is 0 Å². The molecule has 2 N–H and O–H groups in total. The first-order valence-electron chi connectivity index (χ1n) is 8.75. The van der Waals surface area contributed by atoms with E-state index in [1.807, 2.05) is 30.3 Å². The Hall–Kier alpha value is -3.49. The van der Waals surface area contributed by atoms with Crippen LogP contribution in [0.25, 0.3) is 0 Å². The number of halogens is 1. The van der Waals surface area contributed by atoms with Gasteiger partial charge in [0.15, 0.2) is 5.11 Å². The van der Waals surface area contributed by atoms with E-state index in [9.17, 15) is 14.9 Å². The van der Waals surface area contributed by atoms with Gasteiger partial charge in [-0.15, -0.1) is 0 Å². The third kappa shape index (κ3) is 5.76. The third-order valence-corrected chi connectivity index (χ3v) is 4.50. The molecule has 0 aliphatic heterocycles. The standard InChI is InChI=1S/C21H16ClN3O4S/c22-18-10-9-16(12-19(18)25(27)28)23-21(30)24-20(26)15-7-4-8-17(11-15)29-13-14-5-2-1-3-6-14/h1-12H,13H2,(H2,23,24,26,30). The van der Waals surface area contributed by atoms with Crippen molar-refractivity contribution in [3.8, 4) is 5.75 Å². The maximum atomic E-state index is 12.5. The van der Waals surface area contributed by atoms with Gasteiger partial charge in [0.1, 0.15) is 17.4 Å². The summed E-state index contributed by atoms with van der Waals surface area (Å²) in [4.78, 5) is 22.9. The van der Waals surface area contributed by atoms with E-state index in [2.05, 4.69) is 10.6 Å². The molecule has 30 heavy (non-hydrogen) atoms. The van der Waals surface area contributed by atoms with Gasteiger partial charge in [0.05, 0.1) is 4.92 Å². The van der Waals surface area contributed by atoms with Gasteiger partial charge in [-0.1, -0.05) is 48.0 Å². The average molecular weight is 442 g/mol.